The molecule has 0 radical (unpaired) electrons. The quantitative estimate of drug-likeness (QED) is 0.0934. The van der Waals surface area contributed by atoms with Crippen molar-refractivity contribution >= 4 is 60.8 Å². The van der Waals surface area contributed by atoms with Crippen molar-refractivity contribution in [2.24, 2.45) is 0 Å². The van der Waals surface area contributed by atoms with E-state index in [4.69, 9.17) is 24.1 Å². The van der Waals surface area contributed by atoms with Crippen molar-refractivity contribution in [3.05, 3.63) is 49.3 Å². The number of allylic oxidation sites excluding steroid dienone is 1. The first-order valence-electron chi connectivity index (χ1n) is 13.1. The molecule has 0 saturated carbocycles. The summed E-state index contributed by atoms with van der Waals surface area (Å²) >= 11 is 0. The second-order valence-corrected chi connectivity index (χ2v) is 10.1. The first-order chi connectivity index (χ1) is 20.2. The molecule has 0 spiro atoms. The number of esters is 1. The van der Waals surface area contributed by atoms with E-state index < -0.39 is 16.8 Å². The van der Waals surface area contributed by atoms with Crippen LogP contribution in [0.4, 0.5) is 5.69 Å². The molecule has 11 nitrogen and oxygen atoms in total. The van der Waals surface area contributed by atoms with Gasteiger partial charge in [0.2, 0.25) is 0 Å². The van der Waals surface area contributed by atoms with Gasteiger partial charge in [-0.2, -0.15) is 0 Å². The molecule has 0 atom stereocenters. The van der Waals surface area contributed by atoms with Crippen LogP contribution < -0.4 is 30.4 Å². The van der Waals surface area contributed by atoms with Gasteiger partial charge in [-0.3, -0.25) is 14.4 Å². The van der Waals surface area contributed by atoms with Crippen LogP contribution >= 0.6 is 0 Å². The SMILES string of the molecule is COc1c(O)c2c(=O)cc(OC)c3c4c(OC)cc(=O)c5c(O)c(NCC(=O)OCCO)c6c(c(c1CC(C)=C6)c23)c54. The maximum absolute atomic E-state index is 13.6. The molecule has 0 bridgehead atoms. The number of methoxy groups -OCH3 is 3. The number of nitrogens with one attached hydrogen (secondary N) is 1. The van der Waals surface area contributed by atoms with Gasteiger partial charge in [0.25, 0.3) is 0 Å². The number of benzene rings is 5. The molecule has 0 aromatic heterocycles. The van der Waals surface area contributed by atoms with E-state index in [1.165, 1.54) is 33.5 Å². The molecule has 11 heteroatoms. The zero-order valence-electron chi connectivity index (χ0n) is 23.3. The number of aliphatic hydroxyl groups excluding tert-OH is 1. The molecule has 1 aliphatic rings. The summed E-state index contributed by atoms with van der Waals surface area (Å²) in [5.74, 6) is -0.885. The maximum atomic E-state index is 13.6. The molecule has 5 aromatic rings. The first kappa shape index (κ1) is 27.2. The molecule has 0 amide bonds. The topological polar surface area (TPSA) is 161 Å². The summed E-state index contributed by atoms with van der Waals surface area (Å²) in [4.78, 5) is 39.5. The number of phenols is 2. The number of hydrogen-bond donors (Lipinski definition) is 4. The molecule has 6 rings (SSSR count). The summed E-state index contributed by atoms with van der Waals surface area (Å²) in [6, 6.07) is 2.51. The van der Waals surface area contributed by atoms with Gasteiger partial charge in [0.15, 0.2) is 28.1 Å². The molecule has 42 heavy (non-hydrogen) atoms. The van der Waals surface area contributed by atoms with Gasteiger partial charge < -0.3 is 39.6 Å². The molecule has 0 aliphatic heterocycles. The zero-order valence-corrected chi connectivity index (χ0v) is 23.3. The Morgan fingerprint density at radius 3 is 2.00 bits per heavy atom. The van der Waals surface area contributed by atoms with Gasteiger partial charge in [-0.25, -0.2) is 0 Å². The van der Waals surface area contributed by atoms with Crippen LogP contribution in [0.2, 0.25) is 0 Å². The molecular weight excluding hydrogens is 546 g/mol. The molecule has 0 saturated heterocycles. The van der Waals surface area contributed by atoms with Gasteiger partial charge in [-0.05, 0) is 18.7 Å². The Kier molecular flexibility index (Phi) is 6.34. The van der Waals surface area contributed by atoms with Crippen molar-refractivity contribution in [1.82, 2.24) is 0 Å². The molecule has 1 aliphatic carbocycles. The van der Waals surface area contributed by atoms with Crippen molar-refractivity contribution in [2.45, 2.75) is 13.3 Å². The summed E-state index contributed by atoms with van der Waals surface area (Å²) in [6.07, 6.45) is 2.11. The second kappa shape index (κ2) is 9.81. The fourth-order valence-electron chi connectivity index (χ4n) is 6.29. The van der Waals surface area contributed by atoms with Gasteiger partial charge in [-0.15, -0.1) is 0 Å². The largest absolute Gasteiger partial charge is 0.505 e. The van der Waals surface area contributed by atoms with Gasteiger partial charge in [0.05, 0.1) is 44.4 Å². The summed E-state index contributed by atoms with van der Waals surface area (Å²) < 4.78 is 22.0. The lowest BCUT2D eigenvalue weighted by atomic mass is 9.83. The highest BCUT2D eigenvalue weighted by Gasteiger charge is 2.33. The van der Waals surface area contributed by atoms with Crippen LogP contribution in [-0.4, -0.2) is 62.4 Å². The van der Waals surface area contributed by atoms with E-state index in [0.717, 1.165) is 5.57 Å². The molecular formula is C31H27NO10. The highest BCUT2D eigenvalue weighted by molar-refractivity contribution is 6.39. The standard InChI is InChI=1S/C31H27NO10/c1-12-7-13-20-21-14(8-12)31(41-4)30(38)23-16(35)10-18(40-3)25(27(21)23)24-17(39-2)9-15(34)22(26(20)24)29(37)28(13)32-11-19(36)42-6-5-33/h7,9-10,32-33,37-38H,5-6,8,11H2,1-4H3. The van der Waals surface area contributed by atoms with Crippen LogP contribution in [0.5, 0.6) is 28.7 Å². The summed E-state index contributed by atoms with van der Waals surface area (Å²) in [6.45, 7) is 0.946. The highest BCUT2D eigenvalue weighted by Crippen LogP contribution is 2.56. The van der Waals surface area contributed by atoms with Crippen molar-refractivity contribution in [2.75, 3.05) is 46.4 Å². The van der Waals surface area contributed by atoms with Gasteiger partial charge in [0.1, 0.15) is 24.7 Å². The third-order valence-electron chi connectivity index (χ3n) is 7.80. The number of anilines is 1. The van der Waals surface area contributed by atoms with Crippen molar-refractivity contribution in [3.8, 4) is 28.7 Å². The molecule has 0 fully saturated rings. The Morgan fingerprint density at radius 2 is 1.43 bits per heavy atom. The smallest absolute Gasteiger partial charge is 0.325 e. The fourth-order valence-corrected chi connectivity index (χ4v) is 6.29. The predicted octanol–water partition coefficient (Wildman–Crippen LogP) is 3.24. The zero-order chi connectivity index (χ0) is 30.0. The van der Waals surface area contributed by atoms with Crippen LogP contribution in [0, 0.1) is 0 Å². The predicted molar refractivity (Wildman–Crippen MR) is 158 cm³/mol. The Bertz CT molecular complexity index is 2100. The van der Waals surface area contributed by atoms with Crippen LogP contribution in [0.1, 0.15) is 18.1 Å². The van der Waals surface area contributed by atoms with Gasteiger partial charge >= 0.3 is 5.97 Å². The minimum atomic E-state index is -0.683. The van der Waals surface area contributed by atoms with Gasteiger partial charge in [0, 0.05) is 50.2 Å². The van der Waals surface area contributed by atoms with E-state index in [1.807, 2.05) is 13.0 Å². The summed E-state index contributed by atoms with van der Waals surface area (Å²) in [5.41, 5.74) is 0.904. The maximum Gasteiger partial charge on any atom is 0.325 e. The number of carbonyl (C=O) groups is 1. The van der Waals surface area contributed by atoms with E-state index in [9.17, 15) is 24.6 Å². The Labute approximate surface area is 237 Å². The lowest BCUT2D eigenvalue weighted by molar-refractivity contribution is -0.142. The highest BCUT2D eigenvalue weighted by atomic mass is 16.5. The van der Waals surface area contributed by atoms with E-state index >= 15 is 0 Å². The minimum absolute atomic E-state index is 0.00845. The van der Waals surface area contributed by atoms with Crippen LogP contribution in [0.25, 0.3) is 49.2 Å². The number of carbonyl (C=O) groups excluding carboxylic acids is 1. The monoisotopic (exact) mass is 573 g/mol. The van der Waals surface area contributed by atoms with Crippen molar-refractivity contribution in [3.63, 3.8) is 0 Å². The Morgan fingerprint density at radius 1 is 0.833 bits per heavy atom. The van der Waals surface area contributed by atoms with E-state index in [2.05, 4.69) is 5.32 Å². The van der Waals surface area contributed by atoms with Crippen molar-refractivity contribution < 1.29 is 39.1 Å². The Balaban J connectivity index is 1.95. The van der Waals surface area contributed by atoms with E-state index in [0.29, 0.717) is 49.9 Å². The minimum Gasteiger partial charge on any atom is -0.505 e. The number of fused-ring (bicyclic) bond motifs is 1. The average Bonchev–Trinajstić information content (AvgIpc) is 3.11. The number of aliphatic hydroxyl groups is 1. The van der Waals surface area contributed by atoms with Crippen LogP contribution in [0.3, 0.4) is 0 Å². The number of hydrogen-bond acceptors (Lipinski definition) is 11. The molecule has 0 unspecified atom stereocenters. The van der Waals surface area contributed by atoms with Crippen molar-refractivity contribution in [1.29, 1.82) is 0 Å². The first-order valence-corrected chi connectivity index (χ1v) is 13.1. The fraction of sp³-hybridized carbons (Fsp3) is 0.258. The average molecular weight is 574 g/mol. The summed E-state index contributed by atoms with van der Waals surface area (Å²) in [5, 5.41) is 37.6. The number of aromatic hydroxyl groups is 2. The number of ether oxygens (including phenoxy) is 4. The van der Waals surface area contributed by atoms with Crippen LogP contribution in [-0.2, 0) is 16.0 Å². The molecule has 216 valence electrons. The van der Waals surface area contributed by atoms with E-state index in [1.54, 1.807) is 0 Å². The molecule has 0 heterocycles. The lowest BCUT2D eigenvalue weighted by Gasteiger charge is -2.24. The Hall–Kier alpha value is -5.03. The lowest BCUT2D eigenvalue weighted by Crippen LogP contribution is -2.19. The number of phenolic OH excluding ortho intramolecular Hbond substituents is 2. The normalized spacial score (nSPS) is 12.7. The van der Waals surface area contributed by atoms with Crippen LogP contribution in [0.15, 0.2) is 27.3 Å². The van der Waals surface area contributed by atoms with Gasteiger partial charge in [-0.1, -0.05) is 11.6 Å². The molecule has 4 N–H and O–H groups in total. The summed E-state index contributed by atoms with van der Waals surface area (Å²) in [7, 11) is 4.22. The third-order valence-corrected chi connectivity index (χ3v) is 7.80. The number of rotatable bonds is 8. The van der Waals surface area contributed by atoms with E-state index in [-0.39, 0.29) is 65.0 Å². The molecule has 5 aromatic carbocycles. The third kappa shape index (κ3) is 3.59. The second-order valence-electron chi connectivity index (χ2n) is 10.1.